The van der Waals surface area contributed by atoms with E-state index in [9.17, 15) is 9.59 Å². The predicted molar refractivity (Wildman–Crippen MR) is 88.7 cm³/mol. The topological polar surface area (TPSA) is 75.6 Å². The molecule has 0 saturated carbocycles. The molecule has 0 bridgehead atoms. The van der Waals surface area contributed by atoms with Crippen LogP contribution < -0.4 is 10.1 Å². The number of amides is 1. The van der Waals surface area contributed by atoms with Crippen molar-refractivity contribution < 1.29 is 19.4 Å². The molecule has 2 rings (SSSR count). The second-order valence-electron chi connectivity index (χ2n) is 4.71. The van der Waals surface area contributed by atoms with Gasteiger partial charge < -0.3 is 15.2 Å². The molecule has 23 heavy (non-hydrogen) atoms. The molecule has 5 heteroatoms. The summed E-state index contributed by atoms with van der Waals surface area (Å²) in [5.41, 5.74) is 1.42. The van der Waals surface area contributed by atoms with Crippen molar-refractivity contribution in [1.29, 1.82) is 0 Å². The summed E-state index contributed by atoms with van der Waals surface area (Å²) in [6, 6.07) is 13.4. The van der Waals surface area contributed by atoms with Crippen molar-refractivity contribution in [3.05, 3.63) is 65.7 Å². The number of nitrogens with one attached hydrogen (secondary N) is 1. The number of hydrogen-bond acceptors (Lipinski definition) is 3. The van der Waals surface area contributed by atoms with Crippen molar-refractivity contribution in [2.45, 2.75) is 6.92 Å². The zero-order chi connectivity index (χ0) is 16.7. The van der Waals surface area contributed by atoms with Gasteiger partial charge in [0.2, 0.25) is 5.91 Å². The summed E-state index contributed by atoms with van der Waals surface area (Å²) >= 11 is 0. The van der Waals surface area contributed by atoms with Gasteiger partial charge in [0.05, 0.1) is 12.2 Å². The Kier molecular flexibility index (Phi) is 5.52. The van der Waals surface area contributed by atoms with Gasteiger partial charge in [-0.1, -0.05) is 18.2 Å². The van der Waals surface area contributed by atoms with Crippen LogP contribution in [0.1, 0.15) is 22.8 Å². The molecule has 0 saturated heterocycles. The minimum absolute atomic E-state index is 0.123. The summed E-state index contributed by atoms with van der Waals surface area (Å²) in [4.78, 5) is 22.8. The van der Waals surface area contributed by atoms with Gasteiger partial charge in [0, 0.05) is 11.8 Å². The number of benzene rings is 2. The summed E-state index contributed by atoms with van der Waals surface area (Å²) in [6.07, 6.45) is 3.06. The van der Waals surface area contributed by atoms with Gasteiger partial charge in [0.1, 0.15) is 5.75 Å². The fourth-order valence-corrected chi connectivity index (χ4v) is 1.93. The van der Waals surface area contributed by atoms with E-state index in [1.54, 1.807) is 18.2 Å². The zero-order valence-electron chi connectivity index (χ0n) is 12.7. The van der Waals surface area contributed by atoms with Crippen LogP contribution in [0, 0.1) is 0 Å². The molecule has 5 nitrogen and oxygen atoms in total. The Morgan fingerprint density at radius 1 is 1.17 bits per heavy atom. The summed E-state index contributed by atoms with van der Waals surface area (Å²) in [5, 5.41) is 11.5. The van der Waals surface area contributed by atoms with Crippen LogP contribution in [-0.4, -0.2) is 23.6 Å². The number of carboxylic acid groups (broad SMARTS) is 1. The third-order valence-corrected chi connectivity index (χ3v) is 3.00. The standard InChI is InChI=1S/C18H17NO4/c1-2-23-16-9-6-13(7-10-16)8-11-17(20)19-15-5-3-4-14(12-15)18(21)22/h3-12H,2H2,1H3,(H,19,20)(H,21,22)/b11-8+. The van der Waals surface area contributed by atoms with Gasteiger partial charge in [0.25, 0.3) is 0 Å². The average Bonchev–Trinajstić information content (AvgIpc) is 2.55. The summed E-state index contributed by atoms with van der Waals surface area (Å²) in [5.74, 6) is -0.591. The molecule has 0 atom stereocenters. The average molecular weight is 311 g/mol. The Balaban J connectivity index is 1.98. The second-order valence-corrected chi connectivity index (χ2v) is 4.71. The van der Waals surface area contributed by atoms with E-state index in [1.807, 2.05) is 31.2 Å². The molecule has 118 valence electrons. The fourth-order valence-electron chi connectivity index (χ4n) is 1.93. The Labute approximate surface area is 134 Å². The first kappa shape index (κ1) is 16.3. The van der Waals surface area contributed by atoms with E-state index in [-0.39, 0.29) is 11.5 Å². The lowest BCUT2D eigenvalue weighted by Crippen LogP contribution is -2.08. The number of carboxylic acids is 1. The number of rotatable bonds is 6. The minimum Gasteiger partial charge on any atom is -0.494 e. The van der Waals surface area contributed by atoms with Crippen LogP contribution in [0.15, 0.2) is 54.6 Å². The third-order valence-electron chi connectivity index (χ3n) is 3.00. The lowest BCUT2D eigenvalue weighted by Gasteiger charge is -2.04. The number of aromatic carboxylic acids is 1. The monoisotopic (exact) mass is 311 g/mol. The largest absolute Gasteiger partial charge is 0.494 e. The molecule has 2 N–H and O–H groups in total. The number of carbonyl (C=O) groups excluding carboxylic acids is 1. The number of anilines is 1. The smallest absolute Gasteiger partial charge is 0.335 e. The van der Waals surface area contributed by atoms with Gasteiger partial charge in [-0.25, -0.2) is 4.79 Å². The van der Waals surface area contributed by atoms with Gasteiger partial charge in [-0.2, -0.15) is 0 Å². The van der Waals surface area contributed by atoms with Crippen LogP contribution in [0.4, 0.5) is 5.69 Å². The van der Waals surface area contributed by atoms with Crippen LogP contribution in [0.3, 0.4) is 0 Å². The van der Waals surface area contributed by atoms with E-state index in [2.05, 4.69) is 5.32 Å². The summed E-state index contributed by atoms with van der Waals surface area (Å²) in [6.45, 7) is 2.52. The number of ether oxygens (including phenoxy) is 1. The van der Waals surface area contributed by atoms with Crippen LogP contribution in [0.5, 0.6) is 5.75 Å². The molecule has 0 aliphatic heterocycles. The van der Waals surface area contributed by atoms with Crippen LogP contribution in [0.2, 0.25) is 0 Å². The van der Waals surface area contributed by atoms with E-state index in [1.165, 1.54) is 18.2 Å². The SMILES string of the molecule is CCOc1ccc(/C=C/C(=O)Nc2cccc(C(=O)O)c2)cc1. The first-order valence-corrected chi connectivity index (χ1v) is 7.14. The molecule has 1 amide bonds. The molecule has 0 radical (unpaired) electrons. The highest BCUT2D eigenvalue weighted by atomic mass is 16.5. The Morgan fingerprint density at radius 3 is 2.57 bits per heavy atom. The molecule has 0 spiro atoms. The summed E-state index contributed by atoms with van der Waals surface area (Å²) < 4.78 is 5.34. The zero-order valence-corrected chi connectivity index (χ0v) is 12.7. The van der Waals surface area contributed by atoms with Gasteiger partial charge in [0.15, 0.2) is 0 Å². The van der Waals surface area contributed by atoms with E-state index in [4.69, 9.17) is 9.84 Å². The van der Waals surface area contributed by atoms with Crippen LogP contribution in [0.25, 0.3) is 6.08 Å². The lowest BCUT2D eigenvalue weighted by atomic mass is 10.2. The van der Waals surface area contributed by atoms with E-state index in [0.29, 0.717) is 12.3 Å². The maximum atomic E-state index is 11.9. The Morgan fingerprint density at radius 2 is 1.91 bits per heavy atom. The van der Waals surface area contributed by atoms with Crippen molar-refractivity contribution in [1.82, 2.24) is 0 Å². The number of carbonyl (C=O) groups is 2. The van der Waals surface area contributed by atoms with Gasteiger partial charge >= 0.3 is 5.97 Å². The Bertz CT molecular complexity index is 720. The summed E-state index contributed by atoms with van der Waals surface area (Å²) in [7, 11) is 0. The van der Waals surface area contributed by atoms with Gasteiger partial charge in [-0.05, 0) is 48.9 Å². The van der Waals surface area contributed by atoms with Crippen molar-refractivity contribution in [3.8, 4) is 5.75 Å². The molecule has 2 aromatic rings. The van der Waals surface area contributed by atoms with Crippen molar-refractivity contribution >= 4 is 23.6 Å². The first-order chi connectivity index (χ1) is 11.1. The molecular weight excluding hydrogens is 294 g/mol. The second kappa shape index (κ2) is 7.79. The lowest BCUT2D eigenvalue weighted by molar-refractivity contribution is -0.111. The van der Waals surface area contributed by atoms with Crippen LogP contribution >= 0.6 is 0 Å². The molecule has 2 aromatic carbocycles. The molecule has 0 fully saturated rings. The molecular formula is C18H17NO4. The maximum absolute atomic E-state index is 11.9. The van der Waals surface area contributed by atoms with E-state index in [0.717, 1.165) is 11.3 Å². The van der Waals surface area contributed by atoms with Crippen molar-refractivity contribution in [2.75, 3.05) is 11.9 Å². The maximum Gasteiger partial charge on any atom is 0.335 e. The van der Waals surface area contributed by atoms with Crippen molar-refractivity contribution in [2.24, 2.45) is 0 Å². The molecule has 0 aliphatic carbocycles. The van der Waals surface area contributed by atoms with Crippen LogP contribution in [-0.2, 0) is 4.79 Å². The third kappa shape index (κ3) is 5.00. The van der Waals surface area contributed by atoms with Gasteiger partial charge in [-0.3, -0.25) is 4.79 Å². The Hall–Kier alpha value is -3.08. The first-order valence-electron chi connectivity index (χ1n) is 7.14. The molecule has 0 aromatic heterocycles. The fraction of sp³-hybridized carbons (Fsp3) is 0.111. The molecule has 0 aliphatic rings. The minimum atomic E-state index is -1.04. The normalized spacial score (nSPS) is 10.5. The molecule has 0 unspecified atom stereocenters. The van der Waals surface area contributed by atoms with E-state index < -0.39 is 5.97 Å². The highest BCUT2D eigenvalue weighted by molar-refractivity contribution is 6.02. The molecule has 0 heterocycles. The quantitative estimate of drug-likeness (QED) is 0.801. The highest BCUT2D eigenvalue weighted by Crippen LogP contribution is 2.14. The van der Waals surface area contributed by atoms with E-state index >= 15 is 0 Å². The van der Waals surface area contributed by atoms with Gasteiger partial charge in [-0.15, -0.1) is 0 Å². The highest BCUT2D eigenvalue weighted by Gasteiger charge is 2.04. The predicted octanol–water partition coefficient (Wildman–Crippen LogP) is 3.44. The van der Waals surface area contributed by atoms with Crippen molar-refractivity contribution in [3.63, 3.8) is 0 Å². The number of hydrogen-bond donors (Lipinski definition) is 2.